The highest BCUT2D eigenvalue weighted by molar-refractivity contribution is 5.82. The first kappa shape index (κ1) is 15.6. The van der Waals surface area contributed by atoms with Gasteiger partial charge in [-0.15, -0.1) is 0 Å². The van der Waals surface area contributed by atoms with Crippen LogP contribution in [0.3, 0.4) is 0 Å². The Morgan fingerprint density at radius 2 is 1.95 bits per heavy atom. The first-order valence-electron chi connectivity index (χ1n) is 6.22. The van der Waals surface area contributed by atoms with Gasteiger partial charge in [-0.05, 0) is 24.1 Å². The fourth-order valence-corrected chi connectivity index (χ4v) is 1.58. The molecule has 2 amide bonds. The van der Waals surface area contributed by atoms with Crippen molar-refractivity contribution in [3.63, 3.8) is 0 Å². The number of aliphatic carboxylic acids is 1. The van der Waals surface area contributed by atoms with E-state index in [-0.39, 0.29) is 17.9 Å². The van der Waals surface area contributed by atoms with Crippen LogP contribution in [-0.4, -0.2) is 39.9 Å². The number of phenols is 2. The van der Waals surface area contributed by atoms with Gasteiger partial charge < -0.3 is 26.0 Å². The van der Waals surface area contributed by atoms with Crippen molar-refractivity contribution < 1.29 is 24.9 Å². The molecule has 0 fully saturated rings. The zero-order chi connectivity index (χ0) is 15.1. The lowest BCUT2D eigenvalue weighted by Gasteiger charge is -2.15. The van der Waals surface area contributed by atoms with E-state index < -0.39 is 18.0 Å². The Labute approximate surface area is 116 Å². The predicted molar refractivity (Wildman–Crippen MR) is 71.7 cm³/mol. The number of hydrogen-bond acceptors (Lipinski definition) is 4. The Hall–Kier alpha value is -2.44. The number of aromatic hydroxyl groups is 2. The first-order valence-corrected chi connectivity index (χ1v) is 6.22. The van der Waals surface area contributed by atoms with E-state index in [0.717, 1.165) is 6.42 Å². The van der Waals surface area contributed by atoms with E-state index in [1.165, 1.54) is 18.2 Å². The molecule has 20 heavy (non-hydrogen) atoms. The van der Waals surface area contributed by atoms with Crippen molar-refractivity contribution in [1.29, 1.82) is 0 Å². The highest BCUT2D eigenvalue weighted by Crippen LogP contribution is 2.25. The van der Waals surface area contributed by atoms with Gasteiger partial charge in [0.25, 0.3) is 0 Å². The van der Waals surface area contributed by atoms with Gasteiger partial charge in [-0.3, -0.25) is 0 Å². The van der Waals surface area contributed by atoms with Crippen LogP contribution in [0.4, 0.5) is 4.79 Å². The van der Waals surface area contributed by atoms with Gasteiger partial charge in [0, 0.05) is 13.0 Å². The quantitative estimate of drug-likeness (QED) is 0.494. The van der Waals surface area contributed by atoms with Crippen LogP contribution >= 0.6 is 0 Å². The number of benzene rings is 1. The lowest BCUT2D eigenvalue weighted by atomic mass is 10.1. The molecule has 7 nitrogen and oxygen atoms in total. The standard InChI is InChI=1S/C13H18N2O5/c1-2-5-14-13(20)15-9(12(18)19)6-8-3-4-10(16)11(17)7-8/h3-4,7,9,16-17H,2,5-6H2,1H3,(H,18,19)(H2,14,15,20). The van der Waals surface area contributed by atoms with E-state index in [0.29, 0.717) is 12.1 Å². The number of amides is 2. The summed E-state index contributed by atoms with van der Waals surface area (Å²) >= 11 is 0. The summed E-state index contributed by atoms with van der Waals surface area (Å²) in [7, 11) is 0. The second kappa shape index (κ2) is 7.22. The van der Waals surface area contributed by atoms with Crippen molar-refractivity contribution in [3.8, 4) is 11.5 Å². The molecule has 7 heteroatoms. The summed E-state index contributed by atoms with van der Waals surface area (Å²) in [5, 5.41) is 32.5. The number of phenolic OH excluding ortho intramolecular Hbond substituents is 2. The minimum atomic E-state index is -1.18. The van der Waals surface area contributed by atoms with Crippen molar-refractivity contribution in [2.24, 2.45) is 0 Å². The lowest BCUT2D eigenvalue weighted by Crippen LogP contribution is -2.47. The maximum atomic E-state index is 11.5. The van der Waals surface area contributed by atoms with E-state index >= 15 is 0 Å². The minimum Gasteiger partial charge on any atom is -0.504 e. The molecule has 0 aliphatic rings. The molecule has 0 spiro atoms. The Kier molecular flexibility index (Phi) is 5.64. The summed E-state index contributed by atoms with van der Waals surface area (Å²) in [6.07, 6.45) is 0.750. The summed E-state index contributed by atoms with van der Waals surface area (Å²) < 4.78 is 0. The van der Waals surface area contributed by atoms with Crippen molar-refractivity contribution >= 4 is 12.0 Å². The zero-order valence-electron chi connectivity index (χ0n) is 11.1. The fraction of sp³-hybridized carbons (Fsp3) is 0.385. The van der Waals surface area contributed by atoms with Crippen molar-refractivity contribution in [2.45, 2.75) is 25.8 Å². The van der Waals surface area contributed by atoms with E-state index in [4.69, 9.17) is 5.11 Å². The van der Waals surface area contributed by atoms with Gasteiger partial charge in [-0.1, -0.05) is 13.0 Å². The Morgan fingerprint density at radius 3 is 2.50 bits per heavy atom. The molecule has 0 aliphatic carbocycles. The number of urea groups is 1. The molecule has 1 atom stereocenters. The van der Waals surface area contributed by atoms with E-state index in [1.54, 1.807) is 0 Å². The van der Waals surface area contributed by atoms with Crippen LogP contribution in [0.15, 0.2) is 18.2 Å². The molecular formula is C13H18N2O5. The summed E-state index contributed by atoms with van der Waals surface area (Å²) in [6.45, 7) is 2.34. The van der Waals surface area contributed by atoms with Gasteiger partial charge in [0.05, 0.1) is 0 Å². The number of carboxylic acids is 1. The molecule has 1 aromatic carbocycles. The van der Waals surface area contributed by atoms with Crippen LogP contribution in [0.1, 0.15) is 18.9 Å². The molecule has 0 aromatic heterocycles. The van der Waals surface area contributed by atoms with Crippen molar-refractivity contribution in [3.05, 3.63) is 23.8 Å². The zero-order valence-corrected chi connectivity index (χ0v) is 11.1. The number of nitrogens with one attached hydrogen (secondary N) is 2. The van der Waals surface area contributed by atoms with Crippen LogP contribution in [0.5, 0.6) is 11.5 Å². The molecule has 0 saturated heterocycles. The molecule has 0 heterocycles. The summed E-state index contributed by atoms with van der Waals surface area (Å²) in [5.74, 6) is -1.79. The predicted octanol–water partition coefficient (Wildman–Crippen LogP) is 0.803. The fourth-order valence-electron chi connectivity index (χ4n) is 1.58. The van der Waals surface area contributed by atoms with Crippen LogP contribution in [0, 0.1) is 0 Å². The average molecular weight is 282 g/mol. The van der Waals surface area contributed by atoms with E-state index in [9.17, 15) is 19.8 Å². The van der Waals surface area contributed by atoms with Crippen LogP contribution in [0.25, 0.3) is 0 Å². The lowest BCUT2D eigenvalue weighted by molar-refractivity contribution is -0.139. The Morgan fingerprint density at radius 1 is 1.25 bits per heavy atom. The van der Waals surface area contributed by atoms with E-state index in [2.05, 4.69) is 10.6 Å². The van der Waals surface area contributed by atoms with Gasteiger partial charge in [0.15, 0.2) is 11.5 Å². The van der Waals surface area contributed by atoms with Gasteiger partial charge >= 0.3 is 12.0 Å². The summed E-state index contributed by atoms with van der Waals surface area (Å²) in [5.41, 5.74) is 0.489. The third-order valence-electron chi connectivity index (χ3n) is 2.62. The molecule has 110 valence electrons. The minimum absolute atomic E-state index is 0.00270. The number of hydrogen-bond donors (Lipinski definition) is 5. The van der Waals surface area contributed by atoms with Crippen molar-refractivity contribution in [1.82, 2.24) is 10.6 Å². The molecule has 1 aromatic rings. The largest absolute Gasteiger partial charge is 0.504 e. The molecule has 0 bridgehead atoms. The molecule has 5 N–H and O–H groups in total. The normalized spacial score (nSPS) is 11.7. The van der Waals surface area contributed by atoms with Gasteiger partial charge in [-0.2, -0.15) is 0 Å². The first-order chi connectivity index (χ1) is 9.43. The van der Waals surface area contributed by atoms with E-state index in [1.807, 2.05) is 6.92 Å². The van der Waals surface area contributed by atoms with Gasteiger partial charge in [0.1, 0.15) is 6.04 Å². The molecule has 0 saturated carbocycles. The average Bonchev–Trinajstić information content (AvgIpc) is 2.39. The smallest absolute Gasteiger partial charge is 0.326 e. The van der Waals surface area contributed by atoms with Crippen molar-refractivity contribution in [2.75, 3.05) is 6.54 Å². The molecule has 0 aliphatic heterocycles. The molecule has 1 rings (SSSR count). The molecular weight excluding hydrogens is 264 g/mol. The number of carbonyl (C=O) groups is 2. The third kappa shape index (κ3) is 4.68. The molecule has 0 radical (unpaired) electrons. The SMILES string of the molecule is CCCNC(=O)NC(Cc1ccc(O)c(O)c1)C(=O)O. The Bertz CT molecular complexity index is 490. The monoisotopic (exact) mass is 282 g/mol. The Balaban J connectivity index is 2.69. The van der Waals surface area contributed by atoms with Crippen LogP contribution in [-0.2, 0) is 11.2 Å². The van der Waals surface area contributed by atoms with Crippen LogP contribution in [0.2, 0.25) is 0 Å². The summed E-state index contributed by atoms with van der Waals surface area (Å²) in [4.78, 5) is 22.6. The second-order valence-corrected chi connectivity index (χ2v) is 4.32. The highest BCUT2D eigenvalue weighted by atomic mass is 16.4. The highest BCUT2D eigenvalue weighted by Gasteiger charge is 2.20. The number of carbonyl (C=O) groups excluding carboxylic acids is 1. The van der Waals surface area contributed by atoms with Gasteiger partial charge in [0.2, 0.25) is 0 Å². The second-order valence-electron chi connectivity index (χ2n) is 4.32. The maximum Gasteiger partial charge on any atom is 0.326 e. The number of carboxylic acid groups (broad SMARTS) is 1. The van der Waals surface area contributed by atoms with Crippen LogP contribution < -0.4 is 10.6 Å². The number of rotatable bonds is 6. The third-order valence-corrected chi connectivity index (χ3v) is 2.62. The summed E-state index contributed by atoms with van der Waals surface area (Å²) in [6, 6.07) is 2.34. The maximum absolute atomic E-state index is 11.5. The van der Waals surface area contributed by atoms with Gasteiger partial charge in [-0.25, -0.2) is 9.59 Å². The molecule has 1 unspecified atom stereocenters. The topological polar surface area (TPSA) is 119 Å².